The van der Waals surface area contributed by atoms with Gasteiger partial charge in [0, 0.05) is 18.5 Å². The second-order valence-corrected chi connectivity index (χ2v) is 6.41. The maximum atomic E-state index is 10.5. The van der Waals surface area contributed by atoms with Gasteiger partial charge in [-0.25, -0.2) is 4.79 Å². The number of carboxylic acid groups (broad SMARTS) is 1. The third-order valence-corrected chi connectivity index (χ3v) is 4.43. The molecule has 2 aromatic rings. The summed E-state index contributed by atoms with van der Waals surface area (Å²) in [6.07, 6.45) is 3.28. The molecule has 26 heavy (non-hydrogen) atoms. The molecule has 1 saturated heterocycles. The van der Waals surface area contributed by atoms with Gasteiger partial charge in [0.25, 0.3) is 0 Å². The smallest absolute Gasteiger partial charge is 0.341 e. The lowest BCUT2D eigenvalue weighted by molar-refractivity contribution is -0.139. The van der Waals surface area contributed by atoms with Crippen LogP contribution in [0.2, 0.25) is 0 Å². The Morgan fingerprint density at radius 3 is 2.62 bits per heavy atom. The summed E-state index contributed by atoms with van der Waals surface area (Å²) in [6, 6.07) is 16.5. The van der Waals surface area contributed by atoms with Gasteiger partial charge in [0.15, 0.2) is 6.61 Å². The van der Waals surface area contributed by atoms with Crippen LogP contribution >= 0.6 is 0 Å². The summed E-state index contributed by atoms with van der Waals surface area (Å²) in [6.45, 7) is 3.67. The van der Waals surface area contributed by atoms with E-state index in [-0.39, 0.29) is 6.61 Å². The first kappa shape index (κ1) is 18.3. The Labute approximate surface area is 154 Å². The Morgan fingerprint density at radius 2 is 1.88 bits per heavy atom. The molecule has 5 nitrogen and oxygen atoms in total. The number of likely N-dealkylation sites (tertiary alicyclic amines) is 1. The summed E-state index contributed by atoms with van der Waals surface area (Å²) in [5, 5.41) is 8.65. The third-order valence-electron chi connectivity index (χ3n) is 4.43. The van der Waals surface area contributed by atoms with Crippen LogP contribution in [0.3, 0.4) is 0 Å². The number of benzene rings is 2. The van der Waals surface area contributed by atoms with Crippen LogP contribution < -0.4 is 9.47 Å². The number of ether oxygens (including phenoxy) is 2. The van der Waals surface area contributed by atoms with Crippen molar-refractivity contribution < 1.29 is 19.4 Å². The Bertz CT molecular complexity index is 708. The first-order valence-corrected chi connectivity index (χ1v) is 8.99. The lowest BCUT2D eigenvalue weighted by atomic mass is 10.0. The molecule has 1 radical (unpaired) electrons. The van der Waals surface area contributed by atoms with Crippen molar-refractivity contribution in [1.82, 2.24) is 4.90 Å². The van der Waals surface area contributed by atoms with Crippen molar-refractivity contribution in [3.8, 4) is 11.5 Å². The number of rotatable bonds is 9. The molecule has 5 heteroatoms. The van der Waals surface area contributed by atoms with Crippen LogP contribution in [0.1, 0.15) is 24.0 Å². The highest BCUT2D eigenvalue weighted by Crippen LogP contribution is 2.22. The van der Waals surface area contributed by atoms with Gasteiger partial charge in [-0.3, -0.25) is 4.90 Å². The maximum Gasteiger partial charge on any atom is 0.341 e. The molecule has 0 saturated carbocycles. The lowest BCUT2D eigenvalue weighted by Crippen LogP contribution is -2.25. The van der Waals surface area contributed by atoms with E-state index in [1.54, 1.807) is 12.1 Å². The first-order valence-electron chi connectivity index (χ1n) is 8.99. The quantitative estimate of drug-likeness (QED) is 0.750. The van der Waals surface area contributed by atoms with Crippen molar-refractivity contribution in [3.63, 3.8) is 0 Å². The Morgan fingerprint density at radius 1 is 1.12 bits per heavy atom. The molecule has 0 aliphatic carbocycles. The van der Waals surface area contributed by atoms with E-state index >= 15 is 0 Å². The molecule has 1 aliphatic rings. The predicted octanol–water partition coefficient (Wildman–Crippen LogP) is 3.02. The van der Waals surface area contributed by atoms with Crippen LogP contribution in [-0.2, 0) is 11.2 Å². The highest BCUT2D eigenvalue weighted by Gasteiger charge is 2.11. The van der Waals surface area contributed by atoms with Crippen molar-refractivity contribution in [2.24, 2.45) is 0 Å². The summed E-state index contributed by atoms with van der Waals surface area (Å²) in [4.78, 5) is 13.0. The van der Waals surface area contributed by atoms with Crippen LogP contribution in [0.15, 0.2) is 42.5 Å². The zero-order valence-electron chi connectivity index (χ0n) is 14.8. The van der Waals surface area contributed by atoms with E-state index in [0.717, 1.165) is 23.4 Å². The van der Waals surface area contributed by atoms with E-state index in [1.807, 2.05) is 30.3 Å². The molecule has 0 unspecified atom stereocenters. The topological polar surface area (TPSA) is 59.0 Å². The Balaban J connectivity index is 1.56. The summed E-state index contributed by atoms with van der Waals surface area (Å²) in [5.41, 5.74) is 2.12. The van der Waals surface area contributed by atoms with Crippen molar-refractivity contribution in [1.29, 1.82) is 0 Å². The van der Waals surface area contributed by atoms with Gasteiger partial charge in [-0.15, -0.1) is 0 Å². The fraction of sp³-hybridized carbons (Fsp3) is 0.381. The summed E-state index contributed by atoms with van der Waals surface area (Å²) in [5.74, 6) is 0.442. The van der Waals surface area contributed by atoms with Crippen molar-refractivity contribution in [2.45, 2.75) is 19.3 Å². The second-order valence-electron chi connectivity index (χ2n) is 6.41. The zero-order chi connectivity index (χ0) is 18.2. The maximum absolute atomic E-state index is 10.5. The fourth-order valence-electron chi connectivity index (χ4n) is 3.07. The first-order chi connectivity index (χ1) is 12.7. The molecule has 0 bridgehead atoms. The molecule has 1 aliphatic heterocycles. The summed E-state index contributed by atoms with van der Waals surface area (Å²) in [7, 11) is 0. The van der Waals surface area contributed by atoms with Gasteiger partial charge in [-0.05, 0) is 55.8 Å². The molecule has 2 aromatic carbocycles. The molecule has 0 amide bonds. The minimum Gasteiger partial charge on any atom is -0.492 e. The molecule has 1 heterocycles. The normalized spacial score (nSPS) is 14.3. The molecular formula is C21H24NO4. The van der Waals surface area contributed by atoms with Crippen LogP contribution in [-0.4, -0.2) is 48.8 Å². The molecule has 0 atom stereocenters. The summed E-state index contributed by atoms with van der Waals surface area (Å²) < 4.78 is 11.2. The van der Waals surface area contributed by atoms with E-state index in [0.29, 0.717) is 18.8 Å². The van der Waals surface area contributed by atoms with Gasteiger partial charge in [0.1, 0.15) is 18.1 Å². The van der Waals surface area contributed by atoms with Gasteiger partial charge in [-0.1, -0.05) is 24.3 Å². The van der Waals surface area contributed by atoms with E-state index in [1.165, 1.54) is 25.9 Å². The van der Waals surface area contributed by atoms with E-state index in [4.69, 9.17) is 14.6 Å². The highest BCUT2D eigenvalue weighted by atomic mass is 16.5. The van der Waals surface area contributed by atoms with Crippen molar-refractivity contribution >= 4 is 5.97 Å². The lowest BCUT2D eigenvalue weighted by Gasteiger charge is -2.16. The summed E-state index contributed by atoms with van der Waals surface area (Å²) >= 11 is 0. The van der Waals surface area contributed by atoms with Gasteiger partial charge in [0.2, 0.25) is 0 Å². The SMILES string of the molecule is O=C(O)COc1ccc(Cc2[c]cccc2OCCN2CCCC2)cc1. The number of nitrogens with zero attached hydrogens (tertiary/aromatic N) is 1. The Kier molecular flexibility index (Phi) is 6.50. The Hall–Kier alpha value is -2.53. The average molecular weight is 354 g/mol. The number of hydrogen-bond acceptors (Lipinski definition) is 4. The molecule has 0 spiro atoms. The minimum absolute atomic E-state index is 0.333. The van der Waals surface area contributed by atoms with Crippen molar-refractivity contribution in [2.75, 3.05) is 32.8 Å². The molecule has 1 N–H and O–H groups in total. The van der Waals surface area contributed by atoms with Gasteiger partial charge in [-0.2, -0.15) is 0 Å². The fourth-order valence-corrected chi connectivity index (χ4v) is 3.07. The van der Waals surface area contributed by atoms with Crippen molar-refractivity contribution in [3.05, 3.63) is 59.7 Å². The molecule has 1 fully saturated rings. The highest BCUT2D eigenvalue weighted by molar-refractivity contribution is 5.68. The van der Waals surface area contributed by atoms with Crippen LogP contribution in [0.4, 0.5) is 0 Å². The zero-order valence-corrected chi connectivity index (χ0v) is 14.8. The average Bonchev–Trinajstić information content (AvgIpc) is 3.16. The standard InChI is InChI=1S/C21H24NO4/c23-21(24)16-26-19-9-7-17(8-10-19)15-18-5-1-2-6-20(18)25-14-13-22-11-3-4-12-22/h1-2,6-10H,3-4,11-16H2,(H,23,24). The number of carboxylic acids is 1. The minimum atomic E-state index is -0.983. The number of aliphatic carboxylic acids is 1. The van der Waals surface area contributed by atoms with E-state index in [9.17, 15) is 4.79 Å². The molecular weight excluding hydrogens is 330 g/mol. The molecule has 0 aromatic heterocycles. The van der Waals surface area contributed by atoms with Crippen LogP contribution in [0, 0.1) is 6.07 Å². The van der Waals surface area contributed by atoms with Gasteiger partial charge < -0.3 is 14.6 Å². The van der Waals surface area contributed by atoms with E-state index < -0.39 is 5.97 Å². The largest absolute Gasteiger partial charge is 0.492 e. The van der Waals surface area contributed by atoms with E-state index in [2.05, 4.69) is 11.0 Å². The number of carbonyl (C=O) groups is 1. The van der Waals surface area contributed by atoms with Gasteiger partial charge in [0.05, 0.1) is 0 Å². The predicted molar refractivity (Wildman–Crippen MR) is 98.8 cm³/mol. The van der Waals surface area contributed by atoms with Gasteiger partial charge >= 0.3 is 5.97 Å². The second kappa shape index (κ2) is 9.25. The van der Waals surface area contributed by atoms with Crippen LogP contribution in [0.5, 0.6) is 11.5 Å². The number of hydrogen-bond donors (Lipinski definition) is 1. The monoisotopic (exact) mass is 354 g/mol. The van der Waals surface area contributed by atoms with Crippen LogP contribution in [0.25, 0.3) is 0 Å². The molecule has 137 valence electrons. The molecule has 3 rings (SSSR count). The third kappa shape index (κ3) is 5.49.